The highest BCUT2D eigenvalue weighted by Gasteiger charge is 2.16. The molecule has 2 rings (SSSR count). The summed E-state index contributed by atoms with van der Waals surface area (Å²) in [6, 6.07) is 11.7. The number of rotatable bonds is 5. The monoisotopic (exact) mass is 275 g/mol. The van der Waals surface area contributed by atoms with E-state index in [9.17, 15) is 9.90 Å². The van der Waals surface area contributed by atoms with Gasteiger partial charge in [0.2, 0.25) is 5.91 Å². The highest BCUT2D eigenvalue weighted by atomic mass is 32.1. The van der Waals surface area contributed by atoms with E-state index in [-0.39, 0.29) is 5.91 Å². The van der Waals surface area contributed by atoms with Crippen molar-refractivity contribution in [2.24, 2.45) is 0 Å². The molecule has 0 aliphatic carbocycles. The van der Waals surface area contributed by atoms with Gasteiger partial charge in [0, 0.05) is 13.5 Å². The number of benzene rings is 1. The van der Waals surface area contributed by atoms with Crippen LogP contribution in [0.5, 0.6) is 0 Å². The second-order valence-corrected chi connectivity index (χ2v) is 5.24. The van der Waals surface area contributed by atoms with Gasteiger partial charge < -0.3 is 10.0 Å². The number of nitrogens with zero attached hydrogens (tertiary/aromatic N) is 1. The van der Waals surface area contributed by atoms with Gasteiger partial charge in [-0.3, -0.25) is 4.79 Å². The lowest BCUT2D eigenvalue weighted by Gasteiger charge is -2.24. The number of aliphatic hydroxyl groups excluding tert-OH is 1. The highest BCUT2D eigenvalue weighted by molar-refractivity contribution is 7.07. The van der Waals surface area contributed by atoms with E-state index in [1.54, 1.807) is 16.2 Å². The van der Waals surface area contributed by atoms with Crippen LogP contribution in [0.4, 0.5) is 0 Å². The first kappa shape index (κ1) is 13.8. The smallest absolute Gasteiger partial charge is 0.219 e. The fourth-order valence-corrected chi connectivity index (χ4v) is 2.59. The van der Waals surface area contributed by atoms with Crippen molar-refractivity contribution in [2.75, 3.05) is 6.54 Å². The van der Waals surface area contributed by atoms with Crippen molar-refractivity contribution in [1.29, 1.82) is 0 Å². The van der Waals surface area contributed by atoms with E-state index in [2.05, 4.69) is 0 Å². The molecule has 1 heterocycles. The predicted octanol–water partition coefficient (Wildman–Crippen LogP) is 2.83. The topological polar surface area (TPSA) is 40.5 Å². The van der Waals surface area contributed by atoms with Crippen LogP contribution in [-0.2, 0) is 11.3 Å². The minimum atomic E-state index is -0.626. The fraction of sp³-hybridized carbons (Fsp3) is 0.267. The first-order valence-corrected chi connectivity index (χ1v) is 7.10. The molecule has 1 aromatic carbocycles. The molecule has 0 bridgehead atoms. The van der Waals surface area contributed by atoms with Crippen LogP contribution in [-0.4, -0.2) is 22.5 Å². The summed E-state index contributed by atoms with van der Waals surface area (Å²) in [5, 5.41) is 14.0. The van der Waals surface area contributed by atoms with Crippen LogP contribution < -0.4 is 0 Å². The van der Waals surface area contributed by atoms with Gasteiger partial charge in [0.15, 0.2) is 0 Å². The number of amides is 1. The standard InChI is InChI=1S/C15H17NO2S/c1-12(17)16(9-13-5-3-2-4-6-13)10-15(18)14-7-8-19-11-14/h2-8,11,15,18H,9-10H2,1H3/t15-/m1/s1. The van der Waals surface area contributed by atoms with Gasteiger partial charge in [-0.1, -0.05) is 30.3 Å². The molecule has 0 radical (unpaired) electrons. The van der Waals surface area contributed by atoms with E-state index in [1.807, 2.05) is 47.2 Å². The maximum atomic E-state index is 11.7. The SMILES string of the molecule is CC(=O)N(Cc1ccccc1)C[C@@H](O)c1ccsc1. The Labute approximate surface area is 117 Å². The fourth-order valence-electron chi connectivity index (χ4n) is 1.89. The number of hydrogen-bond donors (Lipinski definition) is 1. The largest absolute Gasteiger partial charge is 0.387 e. The molecule has 100 valence electrons. The molecule has 1 amide bonds. The Balaban J connectivity index is 2.03. The number of hydrogen-bond acceptors (Lipinski definition) is 3. The van der Waals surface area contributed by atoms with Crippen LogP contribution in [0, 0.1) is 0 Å². The molecule has 0 aliphatic heterocycles. The summed E-state index contributed by atoms with van der Waals surface area (Å²) in [6.07, 6.45) is -0.626. The highest BCUT2D eigenvalue weighted by Crippen LogP contribution is 2.18. The Bertz CT molecular complexity index is 510. The summed E-state index contributed by atoms with van der Waals surface area (Å²) >= 11 is 1.54. The lowest BCUT2D eigenvalue weighted by atomic mass is 10.1. The van der Waals surface area contributed by atoms with Crippen LogP contribution in [0.2, 0.25) is 0 Å². The van der Waals surface area contributed by atoms with E-state index in [1.165, 1.54) is 6.92 Å². The number of carbonyl (C=O) groups excluding carboxylic acids is 1. The molecule has 3 nitrogen and oxygen atoms in total. The molecule has 1 atom stereocenters. The molecule has 0 fully saturated rings. The molecule has 1 aromatic heterocycles. The third kappa shape index (κ3) is 3.91. The van der Waals surface area contributed by atoms with Crippen molar-refractivity contribution >= 4 is 17.2 Å². The second kappa shape index (κ2) is 6.50. The maximum Gasteiger partial charge on any atom is 0.219 e. The molecular formula is C15H17NO2S. The van der Waals surface area contributed by atoms with Gasteiger partial charge in [0.25, 0.3) is 0 Å². The number of carbonyl (C=O) groups is 1. The molecule has 2 aromatic rings. The van der Waals surface area contributed by atoms with Gasteiger partial charge in [0.1, 0.15) is 0 Å². The summed E-state index contributed by atoms with van der Waals surface area (Å²) in [6.45, 7) is 2.38. The van der Waals surface area contributed by atoms with Crippen molar-refractivity contribution in [2.45, 2.75) is 19.6 Å². The van der Waals surface area contributed by atoms with E-state index in [0.717, 1.165) is 11.1 Å². The molecule has 0 saturated carbocycles. The molecule has 0 saturated heterocycles. The van der Waals surface area contributed by atoms with E-state index in [4.69, 9.17) is 0 Å². The summed E-state index contributed by atoms with van der Waals surface area (Å²) in [7, 11) is 0. The van der Waals surface area contributed by atoms with Crippen LogP contribution in [0.25, 0.3) is 0 Å². The third-order valence-corrected chi connectivity index (χ3v) is 3.68. The average molecular weight is 275 g/mol. The molecule has 4 heteroatoms. The molecule has 0 aliphatic rings. The summed E-state index contributed by atoms with van der Waals surface area (Å²) < 4.78 is 0. The van der Waals surface area contributed by atoms with Gasteiger partial charge in [-0.15, -0.1) is 0 Å². The number of aliphatic hydroxyl groups is 1. The maximum absolute atomic E-state index is 11.7. The molecule has 19 heavy (non-hydrogen) atoms. The third-order valence-electron chi connectivity index (χ3n) is 2.98. The van der Waals surface area contributed by atoms with Gasteiger partial charge >= 0.3 is 0 Å². The van der Waals surface area contributed by atoms with Crippen molar-refractivity contribution in [1.82, 2.24) is 4.90 Å². The zero-order chi connectivity index (χ0) is 13.7. The lowest BCUT2D eigenvalue weighted by Crippen LogP contribution is -2.32. The first-order valence-electron chi connectivity index (χ1n) is 6.16. The molecule has 1 N–H and O–H groups in total. The zero-order valence-electron chi connectivity index (χ0n) is 10.8. The Morgan fingerprint density at radius 3 is 2.63 bits per heavy atom. The number of thiophene rings is 1. The van der Waals surface area contributed by atoms with E-state index in [0.29, 0.717) is 13.1 Å². The Morgan fingerprint density at radius 2 is 2.05 bits per heavy atom. The van der Waals surface area contributed by atoms with Gasteiger partial charge in [-0.2, -0.15) is 11.3 Å². The van der Waals surface area contributed by atoms with Gasteiger partial charge in [-0.05, 0) is 28.0 Å². The van der Waals surface area contributed by atoms with Crippen LogP contribution in [0.15, 0.2) is 47.2 Å². The quantitative estimate of drug-likeness (QED) is 0.911. The summed E-state index contributed by atoms with van der Waals surface area (Å²) in [5.74, 6) is -0.0295. The van der Waals surface area contributed by atoms with E-state index < -0.39 is 6.10 Å². The minimum absolute atomic E-state index is 0.0295. The Morgan fingerprint density at radius 1 is 1.32 bits per heavy atom. The second-order valence-electron chi connectivity index (χ2n) is 4.46. The first-order chi connectivity index (χ1) is 9.16. The van der Waals surface area contributed by atoms with Crippen molar-refractivity contribution < 1.29 is 9.90 Å². The molecule has 0 unspecified atom stereocenters. The van der Waals surface area contributed by atoms with Crippen LogP contribution in [0.3, 0.4) is 0 Å². The van der Waals surface area contributed by atoms with Crippen molar-refractivity contribution in [3.05, 3.63) is 58.3 Å². The summed E-state index contributed by atoms with van der Waals surface area (Å²) in [5.41, 5.74) is 1.93. The predicted molar refractivity (Wildman–Crippen MR) is 76.8 cm³/mol. The van der Waals surface area contributed by atoms with Crippen LogP contribution >= 0.6 is 11.3 Å². The van der Waals surface area contributed by atoms with Crippen LogP contribution in [0.1, 0.15) is 24.2 Å². The van der Waals surface area contributed by atoms with Gasteiger partial charge in [-0.25, -0.2) is 0 Å². The zero-order valence-corrected chi connectivity index (χ0v) is 11.6. The molecule has 0 spiro atoms. The van der Waals surface area contributed by atoms with E-state index >= 15 is 0 Å². The van der Waals surface area contributed by atoms with Crippen molar-refractivity contribution in [3.8, 4) is 0 Å². The summed E-state index contributed by atoms with van der Waals surface area (Å²) in [4.78, 5) is 13.3. The van der Waals surface area contributed by atoms with Gasteiger partial charge in [0.05, 0.1) is 12.6 Å². The normalized spacial score (nSPS) is 12.1. The van der Waals surface area contributed by atoms with Crippen molar-refractivity contribution in [3.63, 3.8) is 0 Å². The average Bonchev–Trinajstić information content (AvgIpc) is 2.93. The Kier molecular flexibility index (Phi) is 4.71. The lowest BCUT2D eigenvalue weighted by molar-refractivity contribution is -0.131. The molecular weight excluding hydrogens is 258 g/mol. The Hall–Kier alpha value is -1.65. The minimum Gasteiger partial charge on any atom is -0.387 e.